The Morgan fingerprint density at radius 3 is 2.55 bits per heavy atom. The number of ketones is 1. The summed E-state index contributed by atoms with van der Waals surface area (Å²) in [7, 11) is 4.24. The summed E-state index contributed by atoms with van der Waals surface area (Å²) >= 11 is 5.92. The Kier molecular flexibility index (Phi) is 5.19. The molecule has 4 heteroatoms. The molecule has 20 heavy (non-hydrogen) atoms. The molecule has 110 valence electrons. The van der Waals surface area contributed by atoms with Gasteiger partial charge in [-0.1, -0.05) is 23.7 Å². The van der Waals surface area contributed by atoms with Crippen molar-refractivity contribution in [1.29, 1.82) is 0 Å². The molecule has 0 saturated carbocycles. The highest BCUT2D eigenvalue weighted by atomic mass is 35.5. The van der Waals surface area contributed by atoms with Gasteiger partial charge in [-0.2, -0.15) is 0 Å². The third-order valence-corrected chi connectivity index (χ3v) is 4.43. The van der Waals surface area contributed by atoms with E-state index >= 15 is 0 Å². The molecule has 0 spiro atoms. The molecule has 1 aliphatic rings. The molecular weight excluding hydrogens is 272 g/mol. The molecule has 3 nitrogen and oxygen atoms in total. The highest BCUT2D eigenvalue weighted by Crippen LogP contribution is 2.23. The highest BCUT2D eigenvalue weighted by molar-refractivity contribution is 6.30. The Bertz CT molecular complexity index is 458. The number of likely N-dealkylation sites (N-methyl/N-ethyl adjacent to an activating group) is 1. The maximum atomic E-state index is 12.0. The van der Waals surface area contributed by atoms with Crippen molar-refractivity contribution < 1.29 is 4.79 Å². The number of benzene rings is 1. The second kappa shape index (κ2) is 6.70. The van der Waals surface area contributed by atoms with E-state index in [1.54, 1.807) is 6.92 Å². The summed E-state index contributed by atoms with van der Waals surface area (Å²) in [6, 6.07) is 8.26. The smallest absolute Gasteiger partial charge is 0.138 e. The number of rotatable bonds is 5. The van der Waals surface area contributed by atoms with Gasteiger partial charge >= 0.3 is 0 Å². The Morgan fingerprint density at radius 1 is 1.40 bits per heavy atom. The van der Waals surface area contributed by atoms with Crippen LogP contribution in [0.15, 0.2) is 24.3 Å². The lowest BCUT2D eigenvalue weighted by molar-refractivity contribution is -0.118. The quantitative estimate of drug-likeness (QED) is 0.834. The standard InChI is InChI=1S/C16H23ClN2O/c1-12(20)16(13-4-6-14(17)7-5-13)11-19-9-8-15(10-19)18(2)3/h4-7,15-16H,8-11H2,1-3H3. The summed E-state index contributed by atoms with van der Waals surface area (Å²) in [5.74, 6) is 0.175. The molecule has 2 unspecified atom stereocenters. The van der Waals surface area contributed by atoms with Gasteiger partial charge in [0.25, 0.3) is 0 Å². The minimum Gasteiger partial charge on any atom is -0.305 e. The van der Waals surface area contributed by atoms with Crippen molar-refractivity contribution in [3.05, 3.63) is 34.9 Å². The van der Waals surface area contributed by atoms with Crippen molar-refractivity contribution >= 4 is 17.4 Å². The van der Waals surface area contributed by atoms with Gasteiger partial charge in [0.15, 0.2) is 0 Å². The average molecular weight is 295 g/mol. The zero-order valence-corrected chi connectivity index (χ0v) is 13.2. The van der Waals surface area contributed by atoms with Gasteiger partial charge < -0.3 is 9.80 Å². The van der Waals surface area contributed by atoms with Crippen LogP contribution >= 0.6 is 11.6 Å². The lowest BCUT2D eigenvalue weighted by Crippen LogP contribution is -2.34. The van der Waals surface area contributed by atoms with E-state index in [9.17, 15) is 4.79 Å². The van der Waals surface area contributed by atoms with Crippen LogP contribution in [0.1, 0.15) is 24.8 Å². The Balaban J connectivity index is 2.04. The second-order valence-electron chi connectivity index (χ2n) is 5.88. The fraction of sp³-hybridized carbons (Fsp3) is 0.562. The SMILES string of the molecule is CC(=O)C(CN1CCC(N(C)C)C1)c1ccc(Cl)cc1. The van der Waals surface area contributed by atoms with Gasteiger partial charge in [-0.3, -0.25) is 4.79 Å². The van der Waals surface area contributed by atoms with Gasteiger partial charge in [0, 0.05) is 24.2 Å². The molecule has 1 aromatic rings. The van der Waals surface area contributed by atoms with Crippen molar-refractivity contribution in [1.82, 2.24) is 9.80 Å². The van der Waals surface area contributed by atoms with E-state index in [0.717, 1.165) is 25.2 Å². The predicted octanol–water partition coefficient (Wildman–Crippen LogP) is 2.65. The number of carbonyl (C=O) groups is 1. The van der Waals surface area contributed by atoms with E-state index in [1.807, 2.05) is 24.3 Å². The lowest BCUT2D eigenvalue weighted by Gasteiger charge is -2.24. The number of carbonyl (C=O) groups excluding carboxylic acids is 1. The van der Waals surface area contributed by atoms with Crippen LogP contribution < -0.4 is 0 Å². The van der Waals surface area contributed by atoms with Crippen LogP contribution in [0, 0.1) is 0 Å². The Labute approximate surface area is 126 Å². The summed E-state index contributed by atoms with van der Waals surface area (Å²) in [6.07, 6.45) is 1.18. The van der Waals surface area contributed by atoms with Crippen LogP contribution in [0.2, 0.25) is 5.02 Å². The molecule has 1 saturated heterocycles. The van der Waals surface area contributed by atoms with Gasteiger partial charge in [-0.05, 0) is 51.7 Å². The number of hydrogen-bond acceptors (Lipinski definition) is 3. The van der Waals surface area contributed by atoms with Gasteiger partial charge in [0.05, 0.1) is 5.92 Å². The minimum absolute atomic E-state index is 0.0480. The largest absolute Gasteiger partial charge is 0.305 e. The van der Waals surface area contributed by atoms with Crippen molar-refractivity contribution in [3.8, 4) is 0 Å². The lowest BCUT2D eigenvalue weighted by atomic mass is 9.95. The van der Waals surface area contributed by atoms with E-state index in [0.29, 0.717) is 11.1 Å². The van der Waals surface area contributed by atoms with E-state index in [1.165, 1.54) is 6.42 Å². The molecule has 2 atom stereocenters. The van der Waals surface area contributed by atoms with E-state index in [-0.39, 0.29) is 11.7 Å². The van der Waals surface area contributed by atoms with Crippen LogP contribution in [0.5, 0.6) is 0 Å². The van der Waals surface area contributed by atoms with Crippen LogP contribution in [0.4, 0.5) is 0 Å². The van der Waals surface area contributed by atoms with Crippen LogP contribution in [0.25, 0.3) is 0 Å². The third kappa shape index (κ3) is 3.81. The molecule has 0 radical (unpaired) electrons. The first-order valence-corrected chi connectivity index (χ1v) is 7.50. The highest BCUT2D eigenvalue weighted by Gasteiger charge is 2.27. The summed E-state index contributed by atoms with van der Waals surface area (Å²) in [5, 5.41) is 0.713. The molecule has 0 aliphatic carbocycles. The summed E-state index contributed by atoms with van der Waals surface area (Å²) in [4.78, 5) is 16.6. The first kappa shape index (κ1) is 15.5. The second-order valence-corrected chi connectivity index (χ2v) is 6.32. The molecule has 0 aromatic heterocycles. The molecule has 0 bridgehead atoms. The number of halogens is 1. The molecule has 1 heterocycles. The zero-order valence-electron chi connectivity index (χ0n) is 12.5. The normalized spacial score (nSPS) is 21.4. The summed E-state index contributed by atoms with van der Waals surface area (Å²) in [5.41, 5.74) is 1.07. The summed E-state index contributed by atoms with van der Waals surface area (Å²) in [6.45, 7) is 4.60. The van der Waals surface area contributed by atoms with Gasteiger partial charge in [0.2, 0.25) is 0 Å². The topological polar surface area (TPSA) is 23.6 Å². The Hall–Kier alpha value is -0.900. The molecule has 0 amide bonds. The number of hydrogen-bond donors (Lipinski definition) is 0. The van der Waals surface area contributed by atoms with Crippen molar-refractivity contribution in [3.63, 3.8) is 0 Å². The van der Waals surface area contributed by atoms with Crippen LogP contribution in [0.3, 0.4) is 0 Å². The van der Waals surface area contributed by atoms with Gasteiger partial charge in [-0.15, -0.1) is 0 Å². The van der Waals surface area contributed by atoms with Crippen molar-refractivity contribution in [2.45, 2.75) is 25.3 Å². The molecular formula is C16H23ClN2O. The molecule has 2 rings (SSSR count). The van der Waals surface area contributed by atoms with Crippen molar-refractivity contribution in [2.75, 3.05) is 33.7 Å². The fourth-order valence-corrected chi connectivity index (χ4v) is 2.95. The molecule has 1 aromatic carbocycles. The summed E-state index contributed by atoms with van der Waals surface area (Å²) < 4.78 is 0. The van der Waals surface area contributed by atoms with Crippen LogP contribution in [-0.4, -0.2) is 55.4 Å². The maximum absolute atomic E-state index is 12.0. The average Bonchev–Trinajstić information content (AvgIpc) is 2.86. The number of nitrogens with zero attached hydrogens (tertiary/aromatic N) is 2. The number of likely N-dealkylation sites (tertiary alicyclic amines) is 1. The first-order chi connectivity index (χ1) is 9.47. The molecule has 0 N–H and O–H groups in total. The van der Waals surface area contributed by atoms with Gasteiger partial charge in [0.1, 0.15) is 5.78 Å². The van der Waals surface area contributed by atoms with Crippen molar-refractivity contribution in [2.24, 2.45) is 0 Å². The fourth-order valence-electron chi connectivity index (χ4n) is 2.82. The minimum atomic E-state index is -0.0480. The van der Waals surface area contributed by atoms with Gasteiger partial charge in [-0.25, -0.2) is 0 Å². The third-order valence-electron chi connectivity index (χ3n) is 4.18. The molecule has 1 fully saturated rings. The monoisotopic (exact) mass is 294 g/mol. The number of Topliss-reactive ketones (excluding diaryl/α,β-unsaturated/α-hetero) is 1. The Morgan fingerprint density at radius 2 is 2.05 bits per heavy atom. The van der Waals surface area contributed by atoms with E-state index < -0.39 is 0 Å². The van der Waals surface area contributed by atoms with E-state index in [4.69, 9.17) is 11.6 Å². The zero-order chi connectivity index (χ0) is 14.7. The van der Waals surface area contributed by atoms with E-state index in [2.05, 4.69) is 23.9 Å². The molecule has 1 aliphatic heterocycles. The maximum Gasteiger partial charge on any atom is 0.138 e. The first-order valence-electron chi connectivity index (χ1n) is 7.12. The predicted molar refractivity (Wildman–Crippen MR) is 83.4 cm³/mol. The van der Waals surface area contributed by atoms with Crippen LogP contribution in [-0.2, 0) is 4.79 Å².